The highest BCUT2D eigenvalue weighted by Crippen LogP contribution is 2.29. The molecule has 0 radical (unpaired) electrons. The van der Waals surface area contributed by atoms with Gasteiger partial charge in [-0.1, -0.05) is 24.6 Å². The Morgan fingerprint density at radius 2 is 2.05 bits per heavy atom. The van der Waals surface area contributed by atoms with Gasteiger partial charge in [0.25, 0.3) is 0 Å². The van der Waals surface area contributed by atoms with Crippen LogP contribution in [-0.2, 0) is 6.42 Å². The molecule has 0 aliphatic heterocycles. The number of nitrogens with one attached hydrogen (secondary N) is 2. The third kappa shape index (κ3) is 4.21. The normalized spacial score (nSPS) is 15.9. The Balaban J connectivity index is 1.76. The molecule has 1 aliphatic carbocycles. The lowest BCUT2D eigenvalue weighted by Crippen LogP contribution is -2.46. The number of carbonyl (C=O) groups excluding carboxylic acids is 1. The number of benzene rings is 1. The summed E-state index contributed by atoms with van der Waals surface area (Å²) in [5.41, 5.74) is 1.03. The van der Waals surface area contributed by atoms with E-state index < -0.39 is 5.97 Å². The molecule has 1 saturated carbocycles. The zero-order chi connectivity index (χ0) is 15.2. The zero-order valence-electron chi connectivity index (χ0n) is 12.3. The third-order valence-electron chi connectivity index (χ3n) is 4.14. The molecule has 5 nitrogen and oxygen atoms in total. The highest BCUT2D eigenvalue weighted by Gasteiger charge is 2.24. The van der Waals surface area contributed by atoms with E-state index in [0.29, 0.717) is 24.4 Å². The minimum atomic E-state index is -0.936. The van der Waals surface area contributed by atoms with Gasteiger partial charge in [0.1, 0.15) is 0 Å². The number of amides is 2. The quantitative estimate of drug-likeness (QED) is 0.753. The van der Waals surface area contributed by atoms with E-state index in [1.165, 1.54) is 19.3 Å². The van der Waals surface area contributed by atoms with Crippen LogP contribution in [0.1, 0.15) is 42.1 Å². The summed E-state index contributed by atoms with van der Waals surface area (Å²) < 4.78 is 0. The van der Waals surface area contributed by atoms with Gasteiger partial charge in [0, 0.05) is 12.6 Å². The Morgan fingerprint density at radius 1 is 1.33 bits per heavy atom. The van der Waals surface area contributed by atoms with Crippen LogP contribution in [-0.4, -0.2) is 29.7 Å². The zero-order valence-corrected chi connectivity index (χ0v) is 12.3. The van der Waals surface area contributed by atoms with Gasteiger partial charge in [-0.25, -0.2) is 9.59 Å². The molecule has 3 N–H and O–H groups in total. The van der Waals surface area contributed by atoms with Crippen molar-refractivity contribution in [3.63, 3.8) is 0 Å². The van der Waals surface area contributed by atoms with E-state index in [1.807, 2.05) is 6.92 Å². The van der Waals surface area contributed by atoms with Gasteiger partial charge in [-0.15, -0.1) is 0 Å². The van der Waals surface area contributed by atoms with Gasteiger partial charge in [-0.05, 0) is 43.7 Å². The molecule has 2 rings (SSSR count). The van der Waals surface area contributed by atoms with E-state index in [9.17, 15) is 9.59 Å². The van der Waals surface area contributed by atoms with Crippen LogP contribution < -0.4 is 10.6 Å². The maximum atomic E-state index is 11.8. The fourth-order valence-electron chi connectivity index (χ4n) is 2.57. The first-order valence-corrected chi connectivity index (χ1v) is 7.43. The van der Waals surface area contributed by atoms with Crippen LogP contribution in [0.4, 0.5) is 4.79 Å². The van der Waals surface area contributed by atoms with E-state index in [1.54, 1.807) is 24.3 Å². The Hall–Kier alpha value is -2.04. The van der Waals surface area contributed by atoms with E-state index in [-0.39, 0.29) is 12.1 Å². The van der Waals surface area contributed by atoms with E-state index in [0.717, 1.165) is 5.56 Å². The second-order valence-corrected chi connectivity index (χ2v) is 5.59. The summed E-state index contributed by atoms with van der Waals surface area (Å²) in [5.74, 6) is -0.336. The lowest BCUT2D eigenvalue weighted by Gasteiger charge is -2.31. The predicted octanol–water partition coefficient (Wildman–Crippen LogP) is 2.42. The average molecular weight is 290 g/mol. The highest BCUT2D eigenvalue weighted by molar-refractivity contribution is 5.89. The van der Waals surface area contributed by atoms with Crippen molar-refractivity contribution in [2.75, 3.05) is 6.54 Å². The summed E-state index contributed by atoms with van der Waals surface area (Å²) in [6.07, 6.45) is 4.14. The maximum absolute atomic E-state index is 11.8. The summed E-state index contributed by atoms with van der Waals surface area (Å²) in [5, 5.41) is 14.8. The molecule has 5 heteroatoms. The number of rotatable bonds is 6. The topological polar surface area (TPSA) is 78.4 Å². The molecule has 0 bridgehead atoms. The van der Waals surface area contributed by atoms with Gasteiger partial charge in [-0.2, -0.15) is 0 Å². The number of carbonyl (C=O) groups is 2. The predicted molar refractivity (Wildman–Crippen MR) is 80.4 cm³/mol. The largest absolute Gasteiger partial charge is 0.478 e. The van der Waals surface area contributed by atoms with E-state index in [2.05, 4.69) is 10.6 Å². The van der Waals surface area contributed by atoms with Gasteiger partial charge in [0.05, 0.1) is 5.56 Å². The summed E-state index contributed by atoms with van der Waals surface area (Å²) in [6, 6.07) is 6.89. The van der Waals surface area contributed by atoms with Crippen LogP contribution in [0.2, 0.25) is 0 Å². The number of carboxylic acid groups (broad SMARTS) is 1. The van der Waals surface area contributed by atoms with Crippen LogP contribution in [0.5, 0.6) is 0 Å². The minimum absolute atomic E-state index is 0.179. The van der Waals surface area contributed by atoms with Crippen LogP contribution in [0, 0.1) is 5.92 Å². The third-order valence-corrected chi connectivity index (χ3v) is 4.14. The number of carboxylic acids is 1. The highest BCUT2D eigenvalue weighted by atomic mass is 16.4. The van der Waals surface area contributed by atoms with Crippen molar-refractivity contribution in [3.8, 4) is 0 Å². The lowest BCUT2D eigenvalue weighted by atomic mass is 9.80. The van der Waals surface area contributed by atoms with Crippen LogP contribution in [0.25, 0.3) is 0 Å². The first-order valence-electron chi connectivity index (χ1n) is 7.43. The SMILES string of the molecule is CC(NC(=O)NCCc1ccccc1C(=O)O)C1CCC1. The fourth-order valence-corrected chi connectivity index (χ4v) is 2.57. The van der Waals surface area contributed by atoms with Crippen molar-refractivity contribution in [2.45, 2.75) is 38.6 Å². The molecule has 1 fully saturated rings. The molecular formula is C16H22N2O3. The average Bonchev–Trinajstić information content (AvgIpc) is 2.36. The molecule has 1 aromatic rings. The Labute approximate surface area is 124 Å². The molecule has 1 aliphatic rings. The summed E-state index contributed by atoms with van der Waals surface area (Å²) in [6.45, 7) is 2.46. The lowest BCUT2D eigenvalue weighted by molar-refractivity contribution is 0.0695. The molecule has 0 saturated heterocycles. The van der Waals surface area contributed by atoms with Crippen molar-refractivity contribution in [3.05, 3.63) is 35.4 Å². The first kappa shape index (κ1) is 15.4. The number of urea groups is 1. The monoisotopic (exact) mass is 290 g/mol. The van der Waals surface area contributed by atoms with Gasteiger partial charge >= 0.3 is 12.0 Å². The summed E-state index contributed by atoms with van der Waals surface area (Å²) >= 11 is 0. The minimum Gasteiger partial charge on any atom is -0.478 e. The summed E-state index contributed by atoms with van der Waals surface area (Å²) in [7, 11) is 0. The summed E-state index contributed by atoms with van der Waals surface area (Å²) in [4.78, 5) is 22.8. The number of aromatic carboxylic acids is 1. The fraction of sp³-hybridized carbons (Fsp3) is 0.500. The molecule has 0 aromatic heterocycles. The van der Waals surface area contributed by atoms with Crippen LogP contribution in [0.3, 0.4) is 0 Å². The molecular weight excluding hydrogens is 268 g/mol. The van der Waals surface area contributed by atoms with Crippen molar-refractivity contribution in [2.24, 2.45) is 5.92 Å². The van der Waals surface area contributed by atoms with Crippen molar-refractivity contribution < 1.29 is 14.7 Å². The molecule has 114 valence electrons. The molecule has 0 spiro atoms. The molecule has 1 aromatic carbocycles. The Morgan fingerprint density at radius 3 is 2.67 bits per heavy atom. The van der Waals surface area contributed by atoms with E-state index >= 15 is 0 Å². The Kier molecular flexibility index (Phi) is 5.20. The van der Waals surface area contributed by atoms with Crippen molar-refractivity contribution in [1.82, 2.24) is 10.6 Å². The van der Waals surface area contributed by atoms with Crippen LogP contribution in [0.15, 0.2) is 24.3 Å². The van der Waals surface area contributed by atoms with Crippen molar-refractivity contribution in [1.29, 1.82) is 0 Å². The van der Waals surface area contributed by atoms with E-state index in [4.69, 9.17) is 5.11 Å². The number of hydrogen-bond acceptors (Lipinski definition) is 2. The standard InChI is InChI=1S/C16H22N2O3/c1-11(12-6-4-7-12)18-16(21)17-10-9-13-5-2-3-8-14(13)15(19)20/h2-3,5,8,11-12H,4,6-7,9-10H2,1H3,(H,19,20)(H2,17,18,21). The second-order valence-electron chi connectivity index (χ2n) is 5.59. The number of hydrogen-bond donors (Lipinski definition) is 3. The van der Waals surface area contributed by atoms with Gasteiger partial charge < -0.3 is 15.7 Å². The van der Waals surface area contributed by atoms with Gasteiger partial charge in [-0.3, -0.25) is 0 Å². The molecule has 1 atom stereocenters. The molecule has 2 amide bonds. The molecule has 0 heterocycles. The second kappa shape index (κ2) is 7.11. The molecule has 21 heavy (non-hydrogen) atoms. The van der Waals surface area contributed by atoms with Gasteiger partial charge in [0.15, 0.2) is 0 Å². The Bertz CT molecular complexity index is 512. The van der Waals surface area contributed by atoms with Crippen molar-refractivity contribution >= 4 is 12.0 Å². The van der Waals surface area contributed by atoms with Gasteiger partial charge in [0.2, 0.25) is 0 Å². The molecule has 1 unspecified atom stereocenters. The smallest absolute Gasteiger partial charge is 0.335 e. The maximum Gasteiger partial charge on any atom is 0.335 e. The first-order chi connectivity index (χ1) is 10.1. The van der Waals surface area contributed by atoms with Crippen LogP contribution >= 0.6 is 0 Å².